The van der Waals surface area contributed by atoms with Gasteiger partial charge in [0.25, 0.3) is 0 Å². The summed E-state index contributed by atoms with van der Waals surface area (Å²) in [6.45, 7) is 4.08. The molecule has 0 aromatic carbocycles. The molecule has 2 atom stereocenters. The molecule has 10 heteroatoms. The highest BCUT2D eigenvalue weighted by atomic mass is 33.1. The highest BCUT2D eigenvalue weighted by Gasteiger charge is 2.20. The SMILES string of the molecule is CCCCCC(=O)NC(=O)[C@@H](N)CSSCC(NC(=O)CCCCC)C(N)=O. The number of hydrogen-bond donors (Lipinski definition) is 4. The highest BCUT2D eigenvalue weighted by molar-refractivity contribution is 8.76. The first-order chi connectivity index (χ1) is 13.3. The van der Waals surface area contributed by atoms with Gasteiger partial charge in [-0.05, 0) is 12.8 Å². The highest BCUT2D eigenvalue weighted by Crippen LogP contribution is 2.22. The van der Waals surface area contributed by atoms with Crippen molar-refractivity contribution in [3.05, 3.63) is 0 Å². The molecule has 0 spiro atoms. The molecular formula is C18H34N4O4S2. The average molecular weight is 435 g/mol. The number of rotatable bonds is 16. The fourth-order valence-electron chi connectivity index (χ4n) is 2.14. The monoisotopic (exact) mass is 434 g/mol. The molecule has 28 heavy (non-hydrogen) atoms. The van der Waals surface area contributed by atoms with Gasteiger partial charge < -0.3 is 16.8 Å². The van der Waals surface area contributed by atoms with Gasteiger partial charge in [0.15, 0.2) is 0 Å². The molecule has 0 heterocycles. The molecule has 4 amide bonds. The van der Waals surface area contributed by atoms with Crippen LogP contribution in [0.1, 0.15) is 65.2 Å². The average Bonchev–Trinajstić information content (AvgIpc) is 2.64. The summed E-state index contributed by atoms with van der Waals surface area (Å²) in [6, 6.07) is -1.60. The fraction of sp³-hybridized carbons (Fsp3) is 0.778. The first kappa shape index (κ1) is 26.7. The van der Waals surface area contributed by atoms with E-state index in [0.717, 1.165) is 38.5 Å². The molecule has 0 radical (unpaired) electrons. The molecule has 0 aliphatic carbocycles. The number of imide groups is 1. The lowest BCUT2D eigenvalue weighted by molar-refractivity contribution is -0.131. The Labute approximate surface area is 175 Å². The first-order valence-electron chi connectivity index (χ1n) is 9.74. The summed E-state index contributed by atoms with van der Waals surface area (Å²) < 4.78 is 0. The second-order valence-electron chi connectivity index (χ2n) is 6.52. The zero-order chi connectivity index (χ0) is 21.4. The summed E-state index contributed by atoms with van der Waals surface area (Å²) >= 11 is 0. The number of carbonyl (C=O) groups excluding carboxylic acids is 4. The van der Waals surface area contributed by atoms with E-state index in [2.05, 4.69) is 10.6 Å². The van der Waals surface area contributed by atoms with Crippen LogP contribution in [0.2, 0.25) is 0 Å². The maximum atomic E-state index is 11.9. The van der Waals surface area contributed by atoms with Crippen molar-refractivity contribution in [1.29, 1.82) is 0 Å². The lowest BCUT2D eigenvalue weighted by atomic mass is 10.2. The number of nitrogens with one attached hydrogen (secondary N) is 2. The van der Waals surface area contributed by atoms with Gasteiger partial charge in [-0.2, -0.15) is 0 Å². The molecule has 0 fully saturated rings. The van der Waals surface area contributed by atoms with Gasteiger partial charge in [0, 0.05) is 24.3 Å². The molecule has 0 bridgehead atoms. The molecule has 0 aliphatic rings. The lowest BCUT2D eigenvalue weighted by Crippen LogP contribution is -2.46. The van der Waals surface area contributed by atoms with Gasteiger partial charge in [-0.25, -0.2) is 0 Å². The van der Waals surface area contributed by atoms with Crippen LogP contribution < -0.4 is 22.1 Å². The van der Waals surface area contributed by atoms with Crippen LogP contribution in [0, 0.1) is 0 Å². The number of primary amides is 1. The van der Waals surface area contributed by atoms with Crippen LogP contribution in [-0.4, -0.2) is 47.2 Å². The van der Waals surface area contributed by atoms with E-state index in [1.807, 2.05) is 13.8 Å². The number of nitrogens with two attached hydrogens (primary N) is 2. The molecule has 0 aromatic rings. The van der Waals surface area contributed by atoms with Crippen molar-refractivity contribution >= 4 is 45.2 Å². The van der Waals surface area contributed by atoms with Crippen molar-refractivity contribution in [2.75, 3.05) is 11.5 Å². The quantitative estimate of drug-likeness (QED) is 0.213. The van der Waals surface area contributed by atoms with Crippen molar-refractivity contribution in [2.45, 2.75) is 77.3 Å². The predicted octanol–water partition coefficient (Wildman–Crippen LogP) is 1.47. The van der Waals surface area contributed by atoms with Crippen molar-refractivity contribution in [3.63, 3.8) is 0 Å². The van der Waals surface area contributed by atoms with E-state index in [1.165, 1.54) is 21.6 Å². The smallest absolute Gasteiger partial charge is 0.244 e. The minimum Gasteiger partial charge on any atom is -0.368 e. The van der Waals surface area contributed by atoms with Gasteiger partial charge >= 0.3 is 0 Å². The molecule has 162 valence electrons. The number of unbranched alkanes of at least 4 members (excludes halogenated alkanes) is 4. The Morgan fingerprint density at radius 1 is 0.857 bits per heavy atom. The Balaban J connectivity index is 4.10. The summed E-state index contributed by atoms with van der Waals surface area (Å²) in [7, 11) is 2.59. The van der Waals surface area contributed by atoms with Gasteiger partial charge in [-0.15, -0.1) is 0 Å². The van der Waals surface area contributed by atoms with Crippen LogP contribution in [0.5, 0.6) is 0 Å². The lowest BCUT2D eigenvalue weighted by Gasteiger charge is -2.15. The van der Waals surface area contributed by atoms with Gasteiger partial charge in [-0.3, -0.25) is 24.5 Å². The van der Waals surface area contributed by atoms with E-state index < -0.39 is 23.9 Å². The van der Waals surface area contributed by atoms with E-state index in [9.17, 15) is 19.2 Å². The van der Waals surface area contributed by atoms with Gasteiger partial charge in [-0.1, -0.05) is 61.1 Å². The Bertz CT molecular complexity index is 506. The standard InChI is InChI=1S/C18H34N4O4S2/c1-3-5-7-9-15(23)21-14(17(20)25)12-28-27-11-13(19)18(26)22-16(24)10-8-6-4-2/h13-14H,3-12,19H2,1-2H3,(H2,20,25)(H,21,23)(H,22,24,26)/t13-,14?/m0/s1. The maximum Gasteiger partial charge on any atom is 0.244 e. The van der Waals surface area contributed by atoms with Crippen LogP contribution >= 0.6 is 21.6 Å². The zero-order valence-corrected chi connectivity index (χ0v) is 18.5. The second kappa shape index (κ2) is 16.7. The zero-order valence-electron chi connectivity index (χ0n) is 16.8. The van der Waals surface area contributed by atoms with E-state index in [0.29, 0.717) is 12.8 Å². The first-order valence-corrected chi connectivity index (χ1v) is 12.2. The largest absolute Gasteiger partial charge is 0.368 e. The molecule has 0 saturated heterocycles. The third-order valence-corrected chi connectivity index (χ3v) is 6.31. The fourth-order valence-corrected chi connectivity index (χ4v) is 4.44. The van der Waals surface area contributed by atoms with Crippen LogP contribution in [0.25, 0.3) is 0 Å². The molecular weight excluding hydrogens is 400 g/mol. The summed E-state index contributed by atoms with van der Waals surface area (Å²) in [5.74, 6) is -1.06. The summed E-state index contributed by atoms with van der Waals surface area (Å²) in [4.78, 5) is 46.8. The van der Waals surface area contributed by atoms with Gasteiger partial charge in [0.2, 0.25) is 23.6 Å². The normalized spacial score (nSPS) is 12.8. The number of amides is 4. The third kappa shape index (κ3) is 13.8. The maximum absolute atomic E-state index is 11.9. The summed E-state index contributed by atoms with van der Waals surface area (Å²) in [5.41, 5.74) is 11.1. The molecule has 0 aliphatic heterocycles. The van der Waals surface area contributed by atoms with E-state index in [1.54, 1.807) is 0 Å². The van der Waals surface area contributed by atoms with E-state index in [-0.39, 0.29) is 23.3 Å². The summed E-state index contributed by atoms with van der Waals surface area (Å²) in [6.07, 6.45) is 6.11. The molecule has 8 nitrogen and oxygen atoms in total. The molecule has 6 N–H and O–H groups in total. The van der Waals surface area contributed by atoms with Crippen LogP contribution in [0.4, 0.5) is 0 Å². The van der Waals surface area contributed by atoms with Crippen molar-refractivity contribution in [1.82, 2.24) is 10.6 Å². The number of hydrogen-bond acceptors (Lipinski definition) is 7. The molecule has 0 aromatic heterocycles. The Kier molecular flexibility index (Phi) is 15.9. The third-order valence-electron chi connectivity index (χ3n) is 3.86. The minimum absolute atomic E-state index is 0.194. The molecule has 0 rings (SSSR count). The minimum atomic E-state index is -0.830. The van der Waals surface area contributed by atoms with Gasteiger partial charge in [0.05, 0.1) is 6.04 Å². The van der Waals surface area contributed by atoms with Crippen LogP contribution in [-0.2, 0) is 19.2 Å². The Hall–Kier alpha value is -1.26. The van der Waals surface area contributed by atoms with Crippen LogP contribution in [0.3, 0.4) is 0 Å². The number of carbonyl (C=O) groups is 4. The molecule has 0 saturated carbocycles. The topological polar surface area (TPSA) is 144 Å². The van der Waals surface area contributed by atoms with Crippen molar-refractivity contribution < 1.29 is 19.2 Å². The van der Waals surface area contributed by atoms with Crippen molar-refractivity contribution in [3.8, 4) is 0 Å². The second-order valence-corrected chi connectivity index (χ2v) is 9.08. The molecule has 1 unspecified atom stereocenters. The van der Waals surface area contributed by atoms with E-state index >= 15 is 0 Å². The Morgan fingerprint density at radius 3 is 1.93 bits per heavy atom. The predicted molar refractivity (Wildman–Crippen MR) is 115 cm³/mol. The summed E-state index contributed by atoms with van der Waals surface area (Å²) in [5, 5.41) is 4.93. The Morgan fingerprint density at radius 2 is 1.39 bits per heavy atom. The van der Waals surface area contributed by atoms with E-state index in [4.69, 9.17) is 11.5 Å². The van der Waals surface area contributed by atoms with Crippen LogP contribution in [0.15, 0.2) is 0 Å². The van der Waals surface area contributed by atoms with Crippen molar-refractivity contribution in [2.24, 2.45) is 11.5 Å². The van der Waals surface area contributed by atoms with Gasteiger partial charge in [0.1, 0.15) is 6.04 Å².